The van der Waals surface area contributed by atoms with Gasteiger partial charge in [0.05, 0.1) is 5.69 Å². The van der Waals surface area contributed by atoms with E-state index in [0.29, 0.717) is 5.69 Å². The number of carbonyl (C=O) groups excluding carboxylic acids is 4. The van der Waals surface area contributed by atoms with Crippen molar-refractivity contribution in [2.24, 2.45) is 10.2 Å². The van der Waals surface area contributed by atoms with Gasteiger partial charge in [0.2, 0.25) is 0 Å². The molecule has 3 unspecified atom stereocenters. The van der Waals surface area contributed by atoms with Gasteiger partial charge < -0.3 is 18.9 Å². The van der Waals surface area contributed by atoms with Crippen molar-refractivity contribution in [3.05, 3.63) is 42.6 Å². The first kappa shape index (κ1) is 24.5. The number of esters is 4. The van der Waals surface area contributed by atoms with Gasteiger partial charge in [-0.3, -0.25) is 19.2 Å². The number of azo groups is 1. The lowest BCUT2D eigenvalue weighted by atomic mass is 10.1. The number of hydrogen-bond donors (Lipinski definition) is 0. The molecule has 0 spiro atoms. The molecule has 0 aromatic heterocycles. The molecule has 10 heteroatoms. The Kier molecular flexibility index (Phi) is 10.5. The lowest BCUT2D eigenvalue weighted by Crippen LogP contribution is -2.46. The molecule has 0 radical (unpaired) electrons. The van der Waals surface area contributed by atoms with E-state index < -0.39 is 48.8 Å². The summed E-state index contributed by atoms with van der Waals surface area (Å²) < 4.78 is 20.4. The Morgan fingerprint density at radius 3 is 2.00 bits per heavy atom. The zero-order chi connectivity index (χ0) is 22.5. The predicted molar refractivity (Wildman–Crippen MR) is 103 cm³/mol. The van der Waals surface area contributed by atoms with Crippen LogP contribution in [0.4, 0.5) is 5.69 Å². The van der Waals surface area contributed by atoms with E-state index in [4.69, 9.17) is 18.9 Å². The molecule has 162 valence electrons. The number of benzene rings is 1. The van der Waals surface area contributed by atoms with Crippen LogP contribution < -0.4 is 0 Å². The lowest BCUT2D eigenvalue weighted by Gasteiger charge is -2.30. The van der Waals surface area contributed by atoms with Crippen LogP contribution in [-0.4, -0.2) is 48.8 Å². The highest BCUT2D eigenvalue weighted by Gasteiger charge is 2.36. The third kappa shape index (κ3) is 10.1. The maximum absolute atomic E-state index is 11.6. The minimum atomic E-state index is -1.29. The third-order valence-electron chi connectivity index (χ3n) is 3.33. The summed E-state index contributed by atoms with van der Waals surface area (Å²) in [4.78, 5) is 45.8. The fraction of sp³-hybridized carbons (Fsp3) is 0.400. The number of nitrogens with zero attached hydrogens (tertiary/aromatic N) is 2. The van der Waals surface area contributed by atoms with Gasteiger partial charge in [0.15, 0.2) is 18.3 Å². The topological polar surface area (TPSA) is 130 Å². The zero-order valence-corrected chi connectivity index (χ0v) is 17.1. The summed E-state index contributed by atoms with van der Waals surface area (Å²) in [6.07, 6.45) is -1.16. The van der Waals surface area contributed by atoms with E-state index in [-0.39, 0.29) is 0 Å². The van der Waals surface area contributed by atoms with E-state index >= 15 is 0 Å². The molecule has 0 bridgehead atoms. The Hall–Kier alpha value is -3.56. The first-order valence-electron chi connectivity index (χ1n) is 8.96. The van der Waals surface area contributed by atoms with Crippen molar-refractivity contribution in [2.75, 3.05) is 6.61 Å². The molecule has 0 aliphatic rings. The Morgan fingerprint density at radius 2 is 1.47 bits per heavy atom. The second kappa shape index (κ2) is 12.8. The van der Waals surface area contributed by atoms with Crippen molar-refractivity contribution in [1.82, 2.24) is 0 Å². The molecule has 0 heterocycles. The van der Waals surface area contributed by atoms with Gasteiger partial charge in [0.25, 0.3) is 0 Å². The number of carbonyl (C=O) groups is 4. The molecule has 0 saturated carbocycles. The van der Waals surface area contributed by atoms with E-state index in [1.807, 2.05) is 6.07 Å². The van der Waals surface area contributed by atoms with Crippen molar-refractivity contribution < 1.29 is 38.1 Å². The van der Waals surface area contributed by atoms with Crippen molar-refractivity contribution in [2.45, 2.75) is 46.0 Å². The highest BCUT2D eigenvalue weighted by molar-refractivity contribution is 5.69. The van der Waals surface area contributed by atoms with E-state index in [1.165, 1.54) is 19.2 Å². The molecule has 3 atom stereocenters. The first-order chi connectivity index (χ1) is 14.2. The summed E-state index contributed by atoms with van der Waals surface area (Å²) in [7, 11) is 0. The van der Waals surface area contributed by atoms with Gasteiger partial charge in [-0.1, -0.05) is 18.2 Å². The van der Waals surface area contributed by atoms with E-state index in [1.54, 1.807) is 24.3 Å². The normalized spacial score (nSPS) is 14.0. The van der Waals surface area contributed by atoms with Crippen LogP contribution in [0.1, 0.15) is 27.7 Å². The number of rotatable bonds is 10. The molecule has 10 nitrogen and oxygen atoms in total. The summed E-state index contributed by atoms with van der Waals surface area (Å²) in [5.41, 5.74) is 0.593. The smallest absolute Gasteiger partial charge is 0.303 e. The Balaban J connectivity index is 3.14. The van der Waals surface area contributed by atoms with E-state index in [9.17, 15) is 19.2 Å². The van der Waals surface area contributed by atoms with Gasteiger partial charge in [-0.15, -0.1) is 0 Å². The zero-order valence-electron chi connectivity index (χ0n) is 17.1. The molecule has 0 aliphatic heterocycles. The SMILES string of the molecule is CC(=O)OCC(OC(C)=O)C(OC(C)=O)C(C=CN=Nc1ccccc1)OC(C)=O. The van der Waals surface area contributed by atoms with Gasteiger partial charge in [0, 0.05) is 33.9 Å². The van der Waals surface area contributed by atoms with Gasteiger partial charge in [-0.2, -0.15) is 10.2 Å². The Morgan fingerprint density at radius 1 is 0.867 bits per heavy atom. The maximum atomic E-state index is 11.6. The van der Waals surface area contributed by atoms with Crippen LogP contribution in [0.3, 0.4) is 0 Å². The van der Waals surface area contributed by atoms with Crippen molar-refractivity contribution in [3.8, 4) is 0 Å². The van der Waals surface area contributed by atoms with Crippen LogP contribution in [-0.2, 0) is 38.1 Å². The molecule has 1 aromatic rings. The Labute approximate surface area is 173 Å². The Bertz CT molecular complexity index is 791. The largest absolute Gasteiger partial charge is 0.462 e. The van der Waals surface area contributed by atoms with Gasteiger partial charge in [-0.25, -0.2) is 0 Å². The monoisotopic (exact) mass is 420 g/mol. The highest BCUT2D eigenvalue weighted by Crippen LogP contribution is 2.17. The van der Waals surface area contributed by atoms with Crippen molar-refractivity contribution >= 4 is 29.6 Å². The number of ether oxygens (including phenoxy) is 4. The van der Waals surface area contributed by atoms with Crippen molar-refractivity contribution in [3.63, 3.8) is 0 Å². The van der Waals surface area contributed by atoms with Crippen LogP contribution in [0.15, 0.2) is 52.8 Å². The molecule has 0 aliphatic carbocycles. The second-order valence-corrected chi connectivity index (χ2v) is 5.99. The fourth-order valence-corrected chi connectivity index (χ4v) is 2.28. The van der Waals surface area contributed by atoms with Crippen LogP contribution in [0, 0.1) is 0 Å². The quantitative estimate of drug-likeness (QED) is 0.321. The maximum Gasteiger partial charge on any atom is 0.303 e. The van der Waals surface area contributed by atoms with Crippen LogP contribution in [0.2, 0.25) is 0 Å². The van der Waals surface area contributed by atoms with Crippen LogP contribution in [0.25, 0.3) is 0 Å². The average molecular weight is 420 g/mol. The van der Waals surface area contributed by atoms with Gasteiger partial charge >= 0.3 is 23.9 Å². The molecule has 0 N–H and O–H groups in total. The van der Waals surface area contributed by atoms with Gasteiger partial charge in [0.1, 0.15) is 6.61 Å². The molecular weight excluding hydrogens is 396 g/mol. The fourth-order valence-electron chi connectivity index (χ4n) is 2.28. The molecule has 0 fully saturated rings. The van der Waals surface area contributed by atoms with Crippen molar-refractivity contribution in [1.29, 1.82) is 0 Å². The average Bonchev–Trinajstić information content (AvgIpc) is 2.66. The second-order valence-electron chi connectivity index (χ2n) is 5.99. The van der Waals surface area contributed by atoms with E-state index in [2.05, 4.69) is 10.2 Å². The lowest BCUT2D eigenvalue weighted by molar-refractivity contribution is -0.185. The first-order valence-corrected chi connectivity index (χ1v) is 8.96. The van der Waals surface area contributed by atoms with Crippen LogP contribution in [0.5, 0.6) is 0 Å². The summed E-state index contributed by atoms with van der Waals surface area (Å²) in [5.74, 6) is -2.75. The standard InChI is InChI=1S/C20H24N2O8/c1-13(23)27-12-19(29-15(3)25)20(30-16(4)26)18(28-14(2)24)10-11-21-22-17-8-6-5-7-9-17/h5-11,18-20H,12H2,1-4H3. The predicted octanol–water partition coefficient (Wildman–Crippen LogP) is 2.64. The molecule has 1 rings (SSSR count). The summed E-state index contributed by atoms with van der Waals surface area (Å²) in [6.45, 7) is 4.18. The molecular formula is C20H24N2O8. The summed E-state index contributed by atoms with van der Waals surface area (Å²) in [6, 6.07) is 8.87. The van der Waals surface area contributed by atoms with Gasteiger partial charge in [-0.05, 0) is 18.2 Å². The third-order valence-corrected chi connectivity index (χ3v) is 3.33. The van der Waals surface area contributed by atoms with E-state index in [0.717, 1.165) is 20.8 Å². The molecule has 1 aromatic carbocycles. The highest BCUT2D eigenvalue weighted by atomic mass is 16.6. The minimum absolute atomic E-state index is 0.413. The minimum Gasteiger partial charge on any atom is -0.462 e. The summed E-state index contributed by atoms with van der Waals surface area (Å²) >= 11 is 0. The number of hydrogen-bond acceptors (Lipinski definition) is 10. The van der Waals surface area contributed by atoms with Crippen LogP contribution >= 0.6 is 0 Å². The summed E-state index contributed by atoms with van der Waals surface area (Å²) in [5, 5.41) is 7.83. The molecule has 0 amide bonds. The molecule has 0 saturated heterocycles. The molecule has 30 heavy (non-hydrogen) atoms.